The summed E-state index contributed by atoms with van der Waals surface area (Å²) in [6.45, 7) is 4.25. The molecule has 2 amide bonds. The third-order valence-electron chi connectivity index (χ3n) is 4.39. The van der Waals surface area contributed by atoms with Crippen LogP contribution in [0.25, 0.3) is 10.9 Å². The van der Waals surface area contributed by atoms with Crippen molar-refractivity contribution < 1.29 is 9.59 Å². The lowest BCUT2D eigenvalue weighted by Crippen LogP contribution is -2.36. The van der Waals surface area contributed by atoms with Gasteiger partial charge >= 0.3 is 0 Å². The molecule has 138 valence electrons. The van der Waals surface area contributed by atoms with Crippen molar-refractivity contribution >= 4 is 22.7 Å². The zero-order chi connectivity index (χ0) is 19.2. The van der Waals surface area contributed by atoms with Gasteiger partial charge in [0.05, 0.1) is 11.1 Å². The maximum Gasteiger partial charge on any atom is 0.253 e. The van der Waals surface area contributed by atoms with Gasteiger partial charge in [-0.05, 0) is 50.1 Å². The lowest BCUT2D eigenvalue weighted by Gasteiger charge is -2.15. The quantitative estimate of drug-likeness (QED) is 0.706. The van der Waals surface area contributed by atoms with Crippen LogP contribution in [0, 0.1) is 6.92 Å². The molecule has 0 aliphatic carbocycles. The number of amides is 2. The first-order valence-corrected chi connectivity index (χ1v) is 8.89. The van der Waals surface area contributed by atoms with E-state index in [0.717, 1.165) is 16.5 Å². The number of carbonyl (C=O) groups is 2. The molecule has 0 aliphatic rings. The molecule has 0 bridgehead atoms. The van der Waals surface area contributed by atoms with Crippen molar-refractivity contribution in [1.29, 1.82) is 0 Å². The van der Waals surface area contributed by atoms with Crippen LogP contribution in [-0.2, 0) is 0 Å². The van der Waals surface area contributed by atoms with E-state index in [1.54, 1.807) is 36.8 Å². The van der Waals surface area contributed by atoms with Crippen LogP contribution in [0.3, 0.4) is 0 Å². The zero-order valence-electron chi connectivity index (χ0n) is 15.4. The summed E-state index contributed by atoms with van der Waals surface area (Å²) in [6.07, 6.45) is 5.56. The number of hydrogen-bond acceptors (Lipinski definition) is 4. The van der Waals surface area contributed by atoms with Crippen LogP contribution in [0.4, 0.5) is 0 Å². The van der Waals surface area contributed by atoms with Gasteiger partial charge in [0.1, 0.15) is 0 Å². The van der Waals surface area contributed by atoms with Crippen molar-refractivity contribution in [3.63, 3.8) is 0 Å². The number of nitrogens with zero attached hydrogens (tertiary/aromatic N) is 2. The third kappa shape index (κ3) is 4.67. The van der Waals surface area contributed by atoms with Gasteiger partial charge in [0.2, 0.25) is 0 Å². The van der Waals surface area contributed by atoms with E-state index in [0.29, 0.717) is 24.1 Å². The average molecular weight is 362 g/mol. The summed E-state index contributed by atoms with van der Waals surface area (Å²) in [7, 11) is 0. The Hall–Kier alpha value is -3.28. The Kier molecular flexibility index (Phi) is 5.76. The van der Waals surface area contributed by atoms with E-state index in [9.17, 15) is 9.59 Å². The number of rotatable bonds is 6. The fourth-order valence-electron chi connectivity index (χ4n) is 2.79. The second kappa shape index (κ2) is 8.40. The average Bonchev–Trinajstić information content (AvgIpc) is 2.67. The second-order valence-electron chi connectivity index (χ2n) is 6.52. The minimum absolute atomic E-state index is 0.0734. The Morgan fingerprint density at radius 3 is 2.78 bits per heavy atom. The van der Waals surface area contributed by atoms with Gasteiger partial charge in [-0.1, -0.05) is 12.1 Å². The monoisotopic (exact) mass is 362 g/mol. The van der Waals surface area contributed by atoms with Gasteiger partial charge in [-0.2, -0.15) is 0 Å². The van der Waals surface area contributed by atoms with Gasteiger partial charge in [-0.3, -0.25) is 19.6 Å². The Balaban J connectivity index is 1.50. The molecule has 0 saturated carbocycles. The number of aromatic nitrogens is 2. The molecular weight excluding hydrogens is 340 g/mol. The van der Waals surface area contributed by atoms with E-state index in [4.69, 9.17) is 0 Å². The van der Waals surface area contributed by atoms with E-state index in [1.165, 1.54) is 0 Å². The summed E-state index contributed by atoms with van der Waals surface area (Å²) in [4.78, 5) is 32.9. The van der Waals surface area contributed by atoms with Crippen LogP contribution in [0.2, 0.25) is 0 Å². The van der Waals surface area contributed by atoms with Crippen molar-refractivity contribution in [3.8, 4) is 0 Å². The van der Waals surface area contributed by atoms with Crippen molar-refractivity contribution in [2.45, 2.75) is 26.3 Å². The molecule has 3 aromatic rings. The topological polar surface area (TPSA) is 84.0 Å². The summed E-state index contributed by atoms with van der Waals surface area (Å²) in [5.41, 5.74) is 2.81. The summed E-state index contributed by atoms with van der Waals surface area (Å²) >= 11 is 0. The molecular formula is C21H22N4O2. The maximum absolute atomic E-state index is 12.3. The third-order valence-corrected chi connectivity index (χ3v) is 4.39. The van der Waals surface area contributed by atoms with Crippen LogP contribution in [0.15, 0.2) is 55.0 Å². The Bertz CT molecular complexity index is 971. The number of benzene rings is 1. The first-order chi connectivity index (χ1) is 13.0. The molecule has 1 aromatic carbocycles. The van der Waals surface area contributed by atoms with Crippen molar-refractivity contribution in [3.05, 3.63) is 71.7 Å². The van der Waals surface area contributed by atoms with Crippen molar-refractivity contribution in [2.24, 2.45) is 0 Å². The smallest absolute Gasteiger partial charge is 0.253 e. The molecule has 6 nitrogen and oxygen atoms in total. The fraction of sp³-hybridized carbons (Fsp3) is 0.238. The molecule has 0 radical (unpaired) electrons. The molecule has 2 heterocycles. The van der Waals surface area contributed by atoms with Gasteiger partial charge in [-0.15, -0.1) is 0 Å². The standard InChI is InChI=1S/C21H22N4O2/c1-14-7-10-22-13-18(14)21(27)25-15(2)8-11-24-20(26)17-6-5-16-4-3-9-23-19(16)12-17/h3-7,9-10,12-13,15H,8,11H2,1-2H3,(H,24,26)(H,25,27)/t15-/m0/s1. The second-order valence-corrected chi connectivity index (χ2v) is 6.52. The summed E-state index contributed by atoms with van der Waals surface area (Å²) in [5.74, 6) is -0.302. The van der Waals surface area contributed by atoms with Crippen molar-refractivity contribution in [2.75, 3.05) is 6.54 Å². The molecule has 2 aromatic heterocycles. The summed E-state index contributed by atoms with van der Waals surface area (Å²) < 4.78 is 0. The predicted octanol–water partition coefficient (Wildman–Crippen LogP) is 2.88. The van der Waals surface area contributed by atoms with E-state index in [-0.39, 0.29) is 17.9 Å². The summed E-state index contributed by atoms with van der Waals surface area (Å²) in [6, 6.07) is 11.0. The predicted molar refractivity (Wildman–Crippen MR) is 105 cm³/mol. The highest BCUT2D eigenvalue weighted by Crippen LogP contribution is 2.13. The first-order valence-electron chi connectivity index (χ1n) is 8.89. The Labute approximate surface area is 158 Å². The molecule has 0 saturated heterocycles. The number of carbonyl (C=O) groups excluding carboxylic acids is 2. The molecule has 0 aliphatic heterocycles. The Morgan fingerprint density at radius 1 is 1.11 bits per heavy atom. The molecule has 3 rings (SSSR count). The van der Waals surface area contributed by atoms with E-state index in [2.05, 4.69) is 20.6 Å². The minimum atomic E-state index is -0.153. The van der Waals surface area contributed by atoms with Crippen LogP contribution in [0.1, 0.15) is 39.6 Å². The molecule has 0 unspecified atom stereocenters. The highest BCUT2D eigenvalue weighted by atomic mass is 16.2. The lowest BCUT2D eigenvalue weighted by atomic mass is 10.1. The van der Waals surface area contributed by atoms with E-state index >= 15 is 0 Å². The van der Waals surface area contributed by atoms with Crippen LogP contribution < -0.4 is 10.6 Å². The van der Waals surface area contributed by atoms with Gasteiger partial charge in [0.25, 0.3) is 11.8 Å². The van der Waals surface area contributed by atoms with Crippen LogP contribution in [0.5, 0.6) is 0 Å². The van der Waals surface area contributed by atoms with E-state index in [1.807, 2.05) is 32.0 Å². The van der Waals surface area contributed by atoms with Gasteiger partial charge < -0.3 is 10.6 Å². The largest absolute Gasteiger partial charge is 0.352 e. The molecule has 1 atom stereocenters. The van der Waals surface area contributed by atoms with Crippen molar-refractivity contribution in [1.82, 2.24) is 20.6 Å². The Morgan fingerprint density at radius 2 is 1.96 bits per heavy atom. The number of pyridine rings is 2. The molecule has 0 fully saturated rings. The molecule has 2 N–H and O–H groups in total. The van der Waals surface area contributed by atoms with E-state index < -0.39 is 0 Å². The SMILES string of the molecule is Cc1ccncc1C(=O)N[C@@H](C)CCNC(=O)c1ccc2cccnc2c1. The molecule has 27 heavy (non-hydrogen) atoms. The van der Waals surface area contributed by atoms with Gasteiger partial charge in [-0.25, -0.2) is 0 Å². The number of fused-ring (bicyclic) bond motifs is 1. The maximum atomic E-state index is 12.3. The molecule has 0 spiro atoms. The highest BCUT2D eigenvalue weighted by Gasteiger charge is 2.13. The van der Waals surface area contributed by atoms with Crippen LogP contribution in [-0.4, -0.2) is 34.4 Å². The fourth-order valence-corrected chi connectivity index (χ4v) is 2.79. The molecule has 6 heteroatoms. The number of hydrogen-bond donors (Lipinski definition) is 2. The first kappa shape index (κ1) is 18.5. The number of aryl methyl sites for hydroxylation is 1. The minimum Gasteiger partial charge on any atom is -0.352 e. The zero-order valence-corrected chi connectivity index (χ0v) is 15.4. The number of nitrogens with one attached hydrogen (secondary N) is 2. The van der Waals surface area contributed by atoms with Gasteiger partial charge in [0.15, 0.2) is 0 Å². The highest BCUT2D eigenvalue weighted by molar-refractivity contribution is 5.97. The lowest BCUT2D eigenvalue weighted by molar-refractivity contribution is 0.0936. The van der Waals surface area contributed by atoms with Crippen LogP contribution >= 0.6 is 0 Å². The van der Waals surface area contributed by atoms with Gasteiger partial charge in [0, 0.05) is 42.1 Å². The normalized spacial score (nSPS) is 11.8. The summed E-state index contributed by atoms with van der Waals surface area (Å²) in [5, 5.41) is 6.82.